The molecule has 2 heterocycles. The van der Waals surface area contributed by atoms with Crippen LogP contribution in [-0.2, 0) is 17.8 Å². The minimum atomic E-state index is 0.0890. The summed E-state index contributed by atoms with van der Waals surface area (Å²) in [6.45, 7) is 3.38. The highest BCUT2D eigenvalue weighted by Gasteiger charge is 2.27. The van der Waals surface area contributed by atoms with Crippen LogP contribution in [-0.4, -0.2) is 35.4 Å². The Morgan fingerprint density at radius 2 is 2.07 bits per heavy atom. The van der Waals surface area contributed by atoms with Crippen LogP contribution in [0.25, 0.3) is 10.9 Å². The number of rotatable bonds is 6. The van der Waals surface area contributed by atoms with Crippen molar-refractivity contribution in [1.82, 2.24) is 15.2 Å². The monoisotopic (exact) mass is 381 g/mol. The molecule has 0 spiro atoms. The second-order valence-electron chi connectivity index (χ2n) is 7.25. The highest BCUT2D eigenvalue weighted by molar-refractivity contribution is 6.31. The number of hydrogen-bond donors (Lipinski definition) is 2. The van der Waals surface area contributed by atoms with Crippen LogP contribution in [0.3, 0.4) is 0 Å². The summed E-state index contributed by atoms with van der Waals surface area (Å²) < 4.78 is 0. The molecule has 2 aromatic carbocycles. The fraction of sp³-hybridized carbons (Fsp3) is 0.318. The topological polar surface area (TPSA) is 48.1 Å². The van der Waals surface area contributed by atoms with Gasteiger partial charge in [0.2, 0.25) is 5.91 Å². The molecule has 27 heavy (non-hydrogen) atoms. The SMILES string of the molecule is O=C(NCCc1c[nH]c2ccc(Cl)cc12)C1CCN(Cc2ccccc2)C1. The smallest absolute Gasteiger partial charge is 0.224 e. The molecule has 5 heteroatoms. The summed E-state index contributed by atoms with van der Waals surface area (Å²) in [5.74, 6) is 0.259. The standard InChI is InChI=1S/C22H24ClN3O/c23-19-6-7-21-20(12-19)17(13-25-21)8-10-24-22(27)18-9-11-26(15-18)14-16-4-2-1-3-5-16/h1-7,12-13,18,25H,8-11,14-15H2,(H,24,27). The van der Waals surface area contributed by atoms with Crippen LogP contribution >= 0.6 is 11.6 Å². The zero-order valence-corrected chi connectivity index (χ0v) is 16.0. The fourth-order valence-corrected chi connectivity index (χ4v) is 4.03. The molecule has 4 rings (SSSR count). The van der Waals surface area contributed by atoms with E-state index < -0.39 is 0 Å². The molecule has 0 bridgehead atoms. The van der Waals surface area contributed by atoms with Crippen LogP contribution in [0, 0.1) is 5.92 Å². The molecular formula is C22H24ClN3O. The molecule has 1 saturated heterocycles. The molecule has 0 saturated carbocycles. The van der Waals surface area contributed by atoms with E-state index in [0.717, 1.165) is 48.4 Å². The van der Waals surface area contributed by atoms with Gasteiger partial charge in [0.15, 0.2) is 0 Å². The van der Waals surface area contributed by atoms with Gasteiger partial charge in [0.1, 0.15) is 0 Å². The minimum absolute atomic E-state index is 0.0890. The molecule has 4 nitrogen and oxygen atoms in total. The van der Waals surface area contributed by atoms with Crippen molar-refractivity contribution in [2.24, 2.45) is 5.92 Å². The van der Waals surface area contributed by atoms with Gasteiger partial charge in [-0.15, -0.1) is 0 Å². The molecule has 1 fully saturated rings. The normalized spacial score (nSPS) is 17.4. The lowest BCUT2D eigenvalue weighted by atomic mass is 10.1. The number of H-pyrrole nitrogens is 1. The fourth-order valence-electron chi connectivity index (χ4n) is 3.85. The Kier molecular flexibility index (Phi) is 5.46. The van der Waals surface area contributed by atoms with Crippen LogP contribution in [0.4, 0.5) is 0 Å². The van der Waals surface area contributed by atoms with E-state index in [1.807, 2.05) is 30.5 Å². The predicted octanol–water partition coefficient (Wildman–Crippen LogP) is 4.00. The van der Waals surface area contributed by atoms with E-state index in [9.17, 15) is 4.79 Å². The Balaban J connectivity index is 1.26. The quantitative estimate of drug-likeness (QED) is 0.678. The van der Waals surface area contributed by atoms with Crippen LogP contribution in [0.1, 0.15) is 17.5 Å². The first kappa shape index (κ1) is 18.1. The second kappa shape index (κ2) is 8.15. The Bertz CT molecular complexity index is 922. The highest BCUT2D eigenvalue weighted by Crippen LogP contribution is 2.23. The van der Waals surface area contributed by atoms with Crippen molar-refractivity contribution in [3.8, 4) is 0 Å². The number of nitrogens with zero attached hydrogens (tertiary/aromatic N) is 1. The van der Waals surface area contributed by atoms with Crippen molar-refractivity contribution in [2.75, 3.05) is 19.6 Å². The van der Waals surface area contributed by atoms with Crippen LogP contribution in [0.15, 0.2) is 54.7 Å². The van der Waals surface area contributed by atoms with Crippen molar-refractivity contribution in [2.45, 2.75) is 19.4 Å². The summed E-state index contributed by atoms with van der Waals surface area (Å²) in [5, 5.41) is 4.98. The lowest BCUT2D eigenvalue weighted by Gasteiger charge is -2.16. The first-order valence-corrected chi connectivity index (χ1v) is 9.86. The van der Waals surface area contributed by atoms with Crippen molar-refractivity contribution in [3.05, 3.63) is 70.9 Å². The van der Waals surface area contributed by atoms with Gasteiger partial charge >= 0.3 is 0 Å². The molecule has 0 radical (unpaired) electrons. The van der Waals surface area contributed by atoms with Gasteiger partial charge in [0.05, 0.1) is 5.92 Å². The summed E-state index contributed by atoms with van der Waals surface area (Å²) in [7, 11) is 0. The molecule has 0 aliphatic carbocycles. The van der Waals surface area contributed by atoms with Crippen LogP contribution in [0.2, 0.25) is 5.02 Å². The van der Waals surface area contributed by atoms with Gasteiger partial charge in [-0.3, -0.25) is 9.69 Å². The van der Waals surface area contributed by atoms with E-state index in [4.69, 9.17) is 11.6 Å². The molecule has 1 unspecified atom stereocenters. The van der Waals surface area contributed by atoms with Gasteiger partial charge in [-0.1, -0.05) is 41.9 Å². The summed E-state index contributed by atoms with van der Waals surface area (Å²) in [5.41, 5.74) is 3.56. The number of benzene rings is 2. The van der Waals surface area contributed by atoms with E-state index in [0.29, 0.717) is 6.54 Å². The van der Waals surface area contributed by atoms with Crippen LogP contribution < -0.4 is 5.32 Å². The number of fused-ring (bicyclic) bond motifs is 1. The summed E-state index contributed by atoms with van der Waals surface area (Å²) >= 11 is 6.10. The molecule has 1 amide bonds. The summed E-state index contributed by atoms with van der Waals surface area (Å²) in [6, 6.07) is 16.3. The van der Waals surface area contributed by atoms with E-state index in [1.165, 1.54) is 11.1 Å². The number of aromatic amines is 1. The number of carbonyl (C=O) groups is 1. The average Bonchev–Trinajstić information content (AvgIpc) is 3.30. The minimum Gasteiger partial charge on any atom is -0.361 e. The molecule has 1 aliphatic heterocycles. The largest absolute Gasteiger partial charge is 0.361 e. The third-order valence-electron chi connectivity index (χ3n) is 5.32. The summed E-state index contributed by atoms with van der Waals surface area (Å²) in [4.78, 5) is 18.1. The number of hydrogen-bond acceptors (Lipinski definition) is 2. The van der Waals surface area contributed by atoms with E-state index in [-0.39, 0.29) is 11.8 Å². The van der Waals surface area contributed by atoms with Gasteiger partial charge in [-0.25, -0.2) is 0 Å². The predicted molar refractivity (Wildman–Crippen MR) is 110 cm³/mol. The molecule has 1 aliphatic rings. The lowest BCUT2D eigenvalue weighted by molar-refractivity contribution is -0.124. The van der Waals surface area contributed by atoms with Crippen molar-refractivity contribution < 1.29 is 4.79 Å². The van der Waals surface area contributed by atoms with E-state index in [2.05, 4.69) is 39.5 Å². The maximum atomic E-state index is 12.5. The van der Waals surface area contributed by atoms with Gasteiger partial charge in [-0.05, 0) is 48.7 Å². The molecule has 140 valence electrons. The molecule has 2 N–H and O–H groups in total. The number of nitrogens with one attached hydrogen (secondary N) is 2. The number of amides is 1. The van der Waals surface area contributed by atoms with Gasteiger partial charge in [-0.2, -0.15) is 0 Å². The zero-order valence-electron chi connectivity index (χ0n) is 15.2. The number of likely N-dealkylation sites (tertiary alicyclic amines) is 1. The second-order valence-corrected chi connectivity index (χ2v) is 7.69. The summed E-state index contributed by atoms with van der Waals surface area (Å²) in [6.07, 6.45) is 3.73. The number of carbonyl (C=O) groups excluding carboxylic acids is 1. The maximum Gasteiger partial charge on any atom is 0.224 e. The molecule has 1 atom stereocenters. The van der Waals surface area contributed by atoms with Crippen LogP contribution in [0.5, 0.6) is 0 Å². The Labute approximate surface area is 164 Å². The zero-order chi connectivity index (χ0) is 18.6. The van der Waals surface area contributed by atoms with E-state index >= 15 is 0 Å². The highest BCUT2D eigenvalue weighted by atomic mass is 35.5. The third kappa shape index (κ3) is 4.34. The first-order chi connectivity index (χ1) is 13.2. The molecule has 1 aromatic heterocycles. The van der Waals surface area contributed by atoms with Gasteiger partial charge in [0, 0.05) is 41.8 Å². The lowest BCUT2D eigenvalue weighted by Crippen LogP contribution is -2.33. The number of halogens is 1. The van der Waals surface area contributed by atoms with Gasteiger partial charge in [0.25, 0.3) is 0 Å². The van der Waals surface area contributed by atoms with Crippen molar-refractivity contribution in [1.29, 1.82) is 0 Å². The van der Waals surface area contributed by atoms with Crippen molar-refractivity contribution in [3.63, 3.8) is 0 Å². The average molecular weight is 382 g/mol. The molecular weight excluding hydrogens is 358 g/mol. The number of aromatic nitrogens is 1. The first-order valence-electron chi connectivity index (χ1n) is 9.48. The Morgan fingerprint density at radius 3 is 2.93 bits per heavy atom. The third-order valence-corrected chi connectivity index (χ3v) is 5.55. The maximum absolute atomic E-state index is 12.5. The Hall–Kier alpha value is -2.30. The Morgan fingerprint density at radius 1 is 1.22 bits per heavy atom. The van der Waals surface area contributed by atoms with Crippen molar-refractivity contribution >= 4 is 28.4 Å². The van der Waals surface area contributed by atoms with Gasteiger partial charge < -0.3 is 10.3 Å². The van der Waals surface area contributed by atoms with E-state index in [1.54, 1.807) is 0 Å². The molecule has 3 aromatic rings.